The van der Waals surface area contributed by atoms with Crippen LogP contribution in [0.3, 0.4) is 0 Å². The van der Waals surface area contributed by atoms with Crippen LogP contribution < -0.4 is 4.90 Å². The molecule has 0 unspecified atom stereocenters. The quantitative estimate of drug-likeness (QED) is 0.162. The van der Waals surface area contributed by atoms with Gasteiger partial charge < -0.3 is 9.47 Å². The molecule has 0 atom stereocenters. The van der Waals surface area contributed by atoms with Gasteiger partial charge in [-0.1, -0.05) is 163 Å². The maximum atomic E-state index is 5.35. The number of anilines is 3. The summed E-state index contributed by atoms with van der Waals surface area (Å²) in [4.78, 5) is 15.5. The van der Waals surface area contributed by atoms with Crippen molar-refractivity contribution in [3.8, 4) is 39.5 Å². The van der Waals surface area contributed by atoms with Crippen LogP contribution in [0.4, 0.5) is 17.1 Å². The van der Waals surface area contributed by atoms with Gasteiger partial charge in [0.05, 0.1) is 33.6 Å². The molecule has 0 saturated carbocycles. The molecule has 3 heterocycles. The first-order valence-corrected chi connectivity index (χ1v) is 22.1. The number of hydrogen-bond donors (Lipinski definition) is 0. The van der Waals surface area contributed by atoms with E-state index in [9.17, 15) is 0 Å². The minimum atomic E-state index is 0.698. The predicted molar refractivity (Wildman–Crippen MR) is 264 cm³/mol. The Morgan fingerprint density at radius 1 is 0.381 bits per heavy atom. The van der Waals surface area contributed by atoms with Crippen LogP contribution in [-0.2, 0) is 0 Å². The second kappa shape index (κ2) is 14.3. The normalized spacial score (nSPS) is 12.3. The Hall–Kier alpha value is -7.99. The van der Waals surface area contributed by atoms with Crippen molar-refractivity contribution in [2.75, 3.05) is 4.90 Å². The van der Waals surface area contributed by atoms with Gasteiger partial charge in [0.1, 0.15) is 0 Å². The second-order valence-electron chi connectivity index (χ2n) is 16.1. The predicted octanol–water partition coefficient (Wildman–Crippen LogP) is 16.0. The van der Waals surface area contributed by atoms with Crippen LogP contribution in [0.2, 0.25) is 0 Å². The highest BCUT2D eigenvalue weighted by atomic mass is 32.2. The number of nitrogens with zero attached hydrogens (tertiary/aromatic N) is 4. The molecule has 294 valence electrons. The van der Waals surface area contributed by atoms with Gasteiger partial charge in [-0.25, -0.2) is 9.97 Å². The highest BCUT2D eigenvalue weighted by Gasteiger charge is 2.26. The zero-order valence-electron chi connectivity index (χ0n) is 34.0. The smallest absolute Gasteiger partial charge is 0.160 e. The van der Waals surface area contributed by atoms with Crippen LogP contribution in [0.15, 0.2) is 228 Å². The van der Waals surface area contributed by atoms with Crippen LogP contribution in [-0.4, -0.2) is 14.5 Å². The monoisotopic (exact) mass is 820 g/mol. The van der Waals surface area contributed by atoms with Gasteiger partial charge in [0, 0.05) is 53.8 Å². The third kappa shape index (κ3) is 5.71. The summed E-state index contributed by atoms with van der Waals surface area (Å²) in [5.74, 6) is 0.698. The standard InChI is InChI=1S/C58H36N4S/c1-3-17-39(18-4-1)56-47-32-29-38-16-8-10-24-46(38)57(47)60-58(59-56)41-19-13-22-43(35-41)62-50-27-14-25-45(55(50)54-44-23-9-7-15-37(44)30-34-51(54)62)40-31-33-49-53(36-40)63-52-28-12-11-26-48(52)61(49)42-20-5-2-6-21-42/h1-36H. The highest BCUT2D eigenvalue weighted by molar-refractivity contribution is 7.99. The molecule has 0 spiro atoms. The average Bonchev–Trinajstić information content (AvgIpc) is 3.71. The van der Waals surface area contributed by atoms with E-state index in [1.165, 1.54) is 53.8 Å². The molecular formula is C58H36N4S. The fourth-order valence-electron chi connectivity index (χ4n) is 9.72. The van der Waals surface area contributed by atoms with Gasteiger partial charge in [0.15, 0.2) is 5.82 Å². The molecular weight excluding hydrogens is 785 g/mol. The number of aromatic nitrogens is 3. The summed E-state index contributed by atoms with van der Waals surface area (Å²) in [6, 6.07) is 78.6. The van der Waals surface area contributed by atoms with Crippen LogP contribution in [0.25, 0.3) is 93.7 Å². The minimum absolute atomic E-state index is 0.698. The molecule has 0 radical (unpaired) electrons. The lowest BCUT2D eigenvalue weighted by atomic mass is 9.96. The van der Waals surface area contributed by atoms with Crippen molar-refractivity contribution in [2.24, 2.45) is 0 Å². The van der Waals surface area contributed by atoms with E-state index in [1.54, 1.807) is 0 Å². The number of para-hydroxylation sites is 2. The van der Waals surface area contributed by atoms with Crippen molar-refractivity contribution in [1.29, 1.82) is 0 Å². The molecule has 5 heteroatoms. The van der Waals surface area contributed by atoms with Crippen LogP contribution in [0.1, 0.15) is 0 Å². The molecule has 4 nitrogen and oxygen atoms in total. The molecule has 0 N–H and O–H groups in total. The van der Waals surface area contributed by atoms with Crippen LogP contribution >= 0.6 is 11.8 Å². The van der Waals surface area contributed by atoms with Gasteiger partial charge in [-0.3, -0.25) is 0 Å². The zero-order valence-corrected chi connectivity index (χ0v) is 34.8. The Balaban J connectivity index is 1.02. The Morgan fingerprint density at radius 3 is 1.92 bits per heavy atom. The summed E-state index contributed by atoms with van der Waals surface area (Å²) in [6.07, 6.45) is 0. The number of rotatable bonds is 5. The molecule has 1 aliphatic heterocycles. The van der Waals surface area contributed by atoms with Crippen LogP contribution in [0.5, 0.6) is 0 Å². The summed E-state index contributed by atoms with van der Waals surface area (Å²) in [6.45, 7) is 0. The lowest BCUT2D eigenvalue weighted by molar-refractivity contribution is 1.17. The first-order chi connectivity index (χ1) is 31.2. The van der Waals surface area contributed by atoms with Crippen LogP contribution in [0, 0.1) is 0 Å². The molecule has 0 saturated heterocycles. The molecule has 0 bridgehead atoms. The fraction of sp³-hybridized carbons (Fsp3) is 0. The van der Waals surface area contributed by atoms with E-state index in [2.05, 4.69) is 228 Å². The Kier molecular flexibility index (Phi) is 8.11. The summed E-state index contributed by atoms with van der Waals surface area (Å²) >= 11 is 1.84. The fourth-order valence-corrected chi connectivity index (χ4v) is 10.8. The molecule has 0 aliphatic carbocycles. The first kappa shape index (κ1) is 35.7. The van der Waals surface area contributed by atoms with Crippen molar-refractivity contribution >= 4 is 83.1 Å². The van der Waals surface area contributed by atoms with E-state index in [4.69, 9.17) is 9.97 Å². The largest absolute Gasteiger partial charge is 0.309 e. The SMILES string of the molecule is c1ccc(-c2nc(-c3cccc(-n4c5cccc(-c6ccc7c(c6)Sc6ccccc6N7c6ccccc6)c5c5c6ccccc6ccc54)c3)nc3c2ccc2ccccc23)cc1. The van der Waals surface area contributed by atoms with Gasteiger partial charge in [-0.15, -0.1) is 0 Å². The maximum Gasteiger partial charge on any atom is 0.160 e. The summed E-state index contributed by atoms with van der Waals surface area (Å²) in [5, 5.41) is 8.24. The number of fused-ring (bicyclic) bond motifs is 10. The van der Waals surface area contributed by atoms with Crippen molar-refractivity contribution in [3.63, 3.8) is 0 Å². The van der Waals surface area contributed by atoms with E-state index in [0.717, 1.165) is 60.9 Å². The highest BCUT2D eigenvalue weighted by Crippen LogP contribution is 2.53. The summed E-state index contributed by atoms with van der Waals surface area (Å²) in [5.41, 5.74) is 13.2. The summed E-state index contributed by atoms with van der Waals surface area (Å²) in [7, 11) is 0. The van der Waals surface area contributed by atoms with E-state index in [-0.39, 0.29) is 0 Å². The number of benzene rings is 10. The molecule has 2 aromatic heterocycles. The second-order valence-corrected chi connectivity index (χ2v) is 17.2. The average molecular weight is 821 g/mol. The molecule has 0 fully saturated rings. The van der Waals surface area contributed by atoms with Gasteiger partial charge in [-0.2, -0.15) is 0 Å². The zero-order chi connectivity index (χ0) is 41.4. The Morgan fingerprint density at radius 2 is 1.05 bits per heavy atom. The Labute approximate surface area is 368 Å². The van der Waals surface area contributed by atoms with Crippen molar-refractivity contribution in [2.45, 2.75) is 9.79 Å². The molecule has 10 aromatic carbocycles. The van der Waals surface area contributed by atoms with Gasteiger partial charge >= 0.3 is 0 Å². The van der Waals surface area contributed by atoms with Gasteiger partial charge in [0.25, 0.3) is 0 Å². The third-order valence-corrected chi connectivity index (χ3v) is 13.6. The van der Waals surface area contributed by atoms with Crippen molar-refractivity contribution in [3.05, 3.63) is 218 Å². The van der Waals surface area contributed by atoms with E-state index >= 15 is 0 Å². The first-order valence-electron chi connectivity index (χ1n) is 21.3. The lowest BCUT2D eigenvalue weighted by Crippen LogP contribution is -2.14. The molecule has 12 aromatic rings. The van der Waals surface area contributed by atoms with E-state index in [0.29, 0.717) is 5.82 Å². The topological polar surface area (TPSA) is 34.0 Å². The molecule has 0 amide bonds. The minimum Gasteiger partial charge on any atom is -0.309 e. The van der Waals surface area contributed by atoms with E-state index in [1.807, 2.05) is 11.8 Å². The Bertz CT molecular complexity index is 3780. The van der Waals surface area contributed by atoms with E-state index < -0.39 is 0 Å². The third-order valence-electron chi connectivity index (χ3n) is 12.5. The molecule has 1 aliphatic rings. The van der Waals surface area contributed by atoms with Crippen molar-refractivity contribution < 1.29 is 0 Å². The lowest BCUT2D eigenvalue weighted by Gasteiger charge is -2.33. The maximum absolute atomic E-state index is 5.35. The molecule has 63 heavy (non-hydrogen) atoms. The molecule has 13 rings (SSSR count). The van der Waals surface area contributed by atoms with Gasteiger partial charge in [0.2, 0.25) is 0 Å². The summed E-state index contributed by atoms with van der Waals surface area (Å²) < 4.78 is 2.43. The van der Waals surface area contributed by atoms with Gasteiger partial charge in [-0.05, 0) is 94.0 Å². The van der Waals surface area contributed by atoms with Crippen molar-refractivity contribution in [1.82, 2.24) is 14.5 Å². The number of hydrogen-bond acceptors (Lipinski definition) is 4.